The van der Waals surface area contributed by atoms with E-state index in [1.807, 2.05) is 6.92 Å². The zero-order valence-electron chi connectivity index (χ0n) is 5.79. The molecule has 0 spiro atoms. The molecule has 0 aliphatic carbocycles. The minimum absolute atomic E-state index is 0. The second-order valence-electron chi connectivity index (χ2n) is 1.79. The predicted octanol–water partition coefficient (Wildman–Crippen LogP) is -0.234. The van der Waals surface area contributed by atoms with Crippen LogP contribution < -0.4 is 0 Å². The van der Waals surface area contributed by atoms with E-state index in [1.165, 1.54) is 0 Å². The van der Waals surface area contributed by atoms with Crippen LogP contribution in [-0.4, -0.2) is 42.5 Å². The Kier molecular flexibility index (Phi) is 9.14. The van der Waals surface area contributed by atoms with Gasteiger partial charge in [0.1, 0.15) is 6.42 Å². The minimum atomic E-state index is -1.15. The number of carboxylic acids is 1. The van der Waals surface area contributed by atoms with Crippen molar-refractivity contribution in [3.05, 3.63) is 0 Å². The summed E-state index contributed by atoms with van der Waals surface area (Å²) in [6.07, 6.45) is 0.172. The number of aliphatic carboxylic acids is 1. The van der Waals surface area contributed by atoms with Crippen molar-refractivity contribution in [2.24, 2.45) is 0 Å². The van der Waals surface area contributed by atoms with Gasteiger partial charge in [0.25, 0.3) is 0 Å². The van der Waals surface area contributed by atoms with E-state index in [1.54, 1.807) is 0 Å². The van der Waals surface area contributed by atoms with Crippen LogP contribution in [0, 0.1) is 0 Å². The van der Waals surface area contributed by atoms with Crippen molar-refractivity contribution in [1.82, 2.24) is 0 Å². The molecule has 1 N–H and O–H groups in total. The first-order valence-electron chi connectivity index (χ1n) is 3.04. The Bertz CT molecular complexity index is 135. The molecule has 0 rings (SSSR count). The number of ether oxygens (including phenoxy) is 1. The van der Waals surface area contributed by atoms with Crippen molar-refractivity contribution in [2.75, 3.05) is 6.61 Å². The van der Waals surface area contributed by atoms with Crippen LogP contribution in [0.5, 0.6) is 0 Å². The van der Waals surface area contributed by atoms with Crippen molar-refractivity contribution >= 4 is 30.8 Å². The summed E-state index contributed by atoms with van der Waals surface area (Å²) in [4.78, 5) is 20.3. The van der Waals surface area contributed by atoms with E-state index in [4.69, 9.17) is 5.11 Å². The van der Waals surface area contributed by atoms with E-state index in [0.29, 0.717) is 13.0 Å². The van der Waals surface area contributed by atoms with Gasteiger partial charge in [0, 0.05) is 0 Å². The van der Waals surface area contributed by atoms with Crippen molar-refractivity contribution in [3.8, 4) is 0 Å². The molecule has 0 bridgehead atoms. The van der Waals surface area contributed by atoms with E-state index >= 15 is 0 Å². The fraction of sp³-hybridized carbons (Fsp3) is 0.667. The van der Waals surface area contributed by atoms with E-state index in [0.717, 1.165) is 0 Å². The summed E-state index contributed by atoms with van der Waals surface area (Å²) in [5.74, 6) is -1.82. The molecule has 11 heavy (non-hydrogen) atoms. The van der Waals surface area contributed by atoms with Gasteiger partial charge in [-0.25, -0.2) is 0 Å². The molecule has 0 unspecified atom stereocenters. The van der Waals surface area contributed by atoms with Crippen LogP contribution in [0.2, 0.25) is 0 Å². The first-order valence-corrected chi connectivity index (χ1v) is 3.04. The number of carbonyl (C=O) groups is 2. The molecule has 0 fully saturated rings. The second-order valence-corrected chi connectivity index (χ2v) is 1.79. The molecule has 0 aromatic heterocycles. The fourth-order valence-corrected chi connectivity index (χ4v) is 0.390. The first kappa shape index (κ1) is 13.2. The van der Waals surface area contributed by atoms with E-state index in [-0.39, 0.29) is 18.9 Å². The van der Waals surface area contributed by atoms with Gasteiger partial charge >= 0.3 is 30.8 Å². The Balaban J connectivity index is 0. The number of rotatable bonds is 4. The Morgan fingerprint density at radius 2 is 2.00 bits per heavy atom. The Morgan fingerprint density at radius 1 is 1.45 bits per heavy atom. The molecule has 0 aliphatic heterocycles. The zero-order valence-corrected chi connectivity index (χ0v) is 5.79. The number of esters is 1. The van der Waals surface area contributed by atoms with Crippen LogP contribution in [0.4, 0.5) is 0 Å². The summed E-state index contributed by atoms with van der Waals surface area (Å²) in [5.41, 5.74) is 0. The summed E-state index contributed by atoms with van der Waals surface area (Å²) in [6, 6.07) is 0. The molecular weight excluding hydrogens is 143 g/mol. The number of hydrogen-bond donors (Lipinski definition) is 1. The van der Waals surface area contributed by atoms with Gasteiger partial charge in [0.15, 0.2) is 0 Å². The summed E-state index contributed by atoms with van der Waals surface area (Å²) < 4.78 is 4.48. The maximum absolute atomic E-state index is 10.4. The standard InChI is InChI=1S/C6H10O4.Li.H/c1-2-3-10-6(9)4-5(7)8;;/h2-4H2,1H3,(H,7,8);;. The van der Waals surface area contributed by atoms with Gasteiger partial charge < -0.3 is 9.84 Å². The molecule has 0 radical (unpaired) electrons. The van der Waals surface area contributed by atoms with Gasteiger partial charge in [0.05, 0.1) is 6.61 Å². The van der Waals surface area contributed by atoms with Crippen LogP contribution >= 0.6 is 0 Å². The number of carbonyl (C=O) groups excluding carboxylic acids is 1. The van der Waals surface area contributed by atoms with Crippen LogP contribution in [0.15, 0.2) is 0 Å². The van der Waals surface area contributed by atoms with Gasteiger partial charge in [-0.2, -0.15) is 0 Å². The number of hydrogen-bond acceptors (Lipinski definition) is 3. The monoisotopic (exact) mass is 154 g/mol. The molecule has 5 heteroatoms. The van der Waals surface area contributed by atoms with Crippen molar-refractivity contribution in [2.45, 2.75) is 19.8 Å². The molecule has 60 valence electrons. The summed E-state index contributed by atoms with van der Waals surface area (Å²) in [6.45, 7) is 2.14. The van der Waals surface area contributed by atoms with Crippen molar-refractivity contribution in [1.29, 1.82) is 0 Å². The third kappa shape index (κ3) is 9.54. The molecule has 0 amide bonds. The fourth-order valence-electron chi connectivity index (χ4n) is 0.390. The molecule has 0 saturated heterocycles. The SMILES string of the molecule is CCCOC(=O)CC(=O)O.[LiH]. The quantitative estimate of drug-likeness (QED) is 0.345. The molecule has 4 nitrogen and oxygen atoms in total. The van der Waals surface area contributed by atoms with Crippen LogP contribution in [0.3, 0.4) is 0 Å². The predicted molar refractivity (Wildman–Crippen MR) is 40.7 cm³/mol. The average Bonchev–Trinajstić information content (AvgIpc) is 1.82. The normalized spacial score (nSPS) is 8.09. The first-order chi connectivity index (χ1) is 4.66. The molecule has 0 aromatic rings. The van der Waals surface area contributed by atoms with Gasteiger partial charge in [-0.15, -0.1) is 0 Å². The summed E-state index contributed by atoms with van der Waals surface area (Å²) >= 11 is 0. The topological polar surface area (TPSA) is 63.6 Å². The third-order valence-electron chi connectivity index (χ3n) is 0.763. The third-order valence-corrected chi connectivity index (χ3v) is 0.763. The van der Waals surface area contributed by atoms with Crippen molar-refractivity contribution in [3.63, 3.8) is 0 Å². The van der Waals surface area contributed by atoms with Crippen molar-refractivity contribution < 1.29 is 19.4 Å². The molecule has 0 heterocycles. The maximum atomic E-state index is 10.4. The summed E-state index contributed by atoms with van der Waals surface area (Å²) in [7, 11) is 0. The zero-order chi connectivity index (χ0) is 7.98. The van der Waals surface area contributed by atoms with Gasteiger partial charge in [-0.3, -0.25) is 9.59 Å². The van der Waals surface area contributed by atoms with E-state index in [9.17, 15) is 9.59 Å². The van der Waals surface area contributed by atoms with Crippen LogP contribution in [0.25, 0.3) is 0 Å². The average molecular weight is 154 g/mol. The molecule has 0 aromatic carbocycles. The molecule has 0 aliphatic rings. The second kappa shape index (κ2) is 7.64. The van der Waals surface area contributed by atoms with E-state index < -0.39 is 18.4 Å². The Morgan fingerprint density at radius 3 is 2.36 bits per heavy atom. The van der Waals surface area contributed by atoms with Gasteiger partial charge in [-0.1, -0.05) is 6.92 Å². The van der Waals surface area contributed by atoms with Gasteiger partial charge in [-0.05, 0) is 6.42 Å². The Labute approximate surface area is 77.1 Å². The molecule has 0 saturated carbocycles. The molecular formula is C6H11LiO4. The van der Waals surface area contributed by atoms with Crippen LogP contribution in [0.1, 0.15) is 19.8 Å². The van der Waals surface area contributed by atoms with Crippen LogP contribution in [-0.2, 0) is 14.3 Å². The molecule has 0 atom stereocenters. The summed E-state index contributed by atoms with van der Waals surface area (Å²) in [5, 5.41) is 8.08. The van der Waals surface area contributed by atoms with Gasteiger partial charge in [0.2, 0.25) is 0 Å². The van der Waals surface area contributed by atoms with E-state index in [2.05, 4.69) is 4.74 Å². The Hall–Kier alpha value is -0.463. The number of carboxylic acid groups (broad SMARTS) is 1.